The number of halogens is 1. The van der Waals surface area contributed by atoms with Crippen LogP contribution in [0.4, 0.5) is 14.9 Å². The molecule has 2 heterocycles. The van der Waals surface area contributed by atoms with Gasteiger partial charge in [-0.3, -0.25) is 24.9 Å². The van der Waals surface area contributed by atoms with Gasteiger partial charge in [-0.2, -0.15) is 0 Å². The SMILES string of the molecule is CNC(=O)N(Cc1cc(C)on1)C(=O)C(=N)C(=O)Nc1ccc(Oc2ccnc3cc(OC)c(OC)cc23)c(F)c1.[HH]. The van der Waals surface area contributed by atoms with Gasteiger partial charge in [0.05, 0.1) is 26.3 Å². The molecule has 0 bridgehead atoms. The Labute approximate surface area is 234 Å². The third kappa shape index (κ3) is 6.21. The number of ether oxygens (including phenoxy) is 3. The Bertz CT molecular complexity index is 1660. The molecule has 0 fully saturated rings. The predicted octanol–water partition coefficient (Wildman–Crippen LogP) is 4.05. The number of rotatable bonds is 9. The van der Waals surface area contributed by atoms with E-state index in [0.717, 1.165) is 6.07 Å². The van der Waals surface area contributed by atoms with E-state index >= 15 is 4.39 Å². The topological polar surface area (TPSA) is 169 Å². The Morgan fingerprint density at radius 1 is 1.05 bits per heavy atom. The number of imide groups is 1. The molecule has 0 spiro atoms. The zero-order valence-corrected chi connectivity index (χ0v) is 22.4. The van der Waals surface area contributed by atoms with Gasteiger partial charge in [-0.1, -0.05) is 5.16 Å². The Hall–Kier alpha value is -5.53. The summed E-state index contributed by atoms with van der Waals surface area (Å²) in [6.45, 7) is 1.29. The lowest BCUT2D eigenvalue weighted by atomic mass is 10.1. The summed E-state index contributed by atoms with van der Waals surface area (Å²) < 4.78 is 36.3. The van der Waals surface area contributed by atoms with Gasteiger partial charge in [0.25, 0.3) is 11.8 Å². The highest BCUT2D eigenvalue weighted by atomic mass is 19.1. The number of pyridine rings is 1. The third-order valence-electron chi connectivity index (χ3n) is 5.76. The molecule has 4 amide bonds. The summed E-state index contributed by atoms with van der Waals surface area (Å²) in [5, 5.41) is 16.8. The zero-order chi connectivity index (χ0) is 29.7. The molecule has 14 heteroatoms. The van der Waals surface area contributed by atoms with Crippen LogP contribution in [-0.4, -0.2) is 59.9 Å². The van der Waals surface area contributed by atoms with Crippen molar-refractivity contribution < 1.29 is 38.9 Å². The number of carbonyl (C=O) groups excluding carboxylic acids is 3. The smallest absolute Gasteiger partial charge is 0.324 e. The zero-order valence-electron chi connectivity index (χ0n) is 22.4. The molecule has 0 saturated carbocycles. The van der Waals surface area contributed by atoms with Gasteiger partial charge >= 0.3 is 6.03 Å². The van der Waals surface area contributed by atoms with Crippen molar-refractivity contribution in [3.05, 3.63) is 65.9 Å². The van der Waals surface area contributed by atoms with E-state index in [1.165, 1.54) is 45.7 Å². The maximum atomic E-state index is 15.0. The molecule has 13 nitrogen and oxygen atoms in total. The monoisotopic (exact) mass is 566 g/mol. The van der Waals surface area contributed by atoms with E-state index in [1.807, 2.05) is 0 Å². The van der Waals surface area contributed by atoms with Crippen LogP contribution in [0.2, 0.25) is 0 Å². The Morgan fingerprint density at radius 2 is 1.78 bits per heavy atom. The molecule has 0 aliphatic carbocycles. The second kappa shape index (κ2) is 12.1. The maximum absolute atomic E-state index is 15.0. The molecule has 0 radical (unpaired) electrons. The number of aromatic nitrogens is 2. The van der Waals surface area contributed by atoms with Crippen molar-refractivity contribution in [2.75, 3.05) is 26.6 Å². The lowest BCUT2D eigenvalue weighted by Crippen LogP contribution is -2.47. The van der Waals surface area contributed by atoms with Gasteiger partial charge in [0.2, 0.25) is 0 Å². The van der Waals surface area contributed by atoms with Crippen LogP contribution in [0.5, 0.6) is 23.0 Å². The first-order chi connectivity index (χ1) is 19.6. The van der Waals surface area contributed by atoms with Crippen LogP contribution >= 0.6 is 0 Å². The first-order valence-corrected chi connectivity index (χ1v) is 12.0. The fourth-order valence-corrected chi connectivity index (χ4v) is 3.77. The molecule has 0 saturated heterocycles. The van der Waals surface area contributed by atoms with Crippen molar-refractivity contribution in [1.82, 2.24) is 20.4 Å². The Kier molecular flexibility index (Phi) is 8.41. The highest BCUT2D eigenvalue weighted by Gasteiger charge is 2.29. The Morgan fingerprint density at radius 3 is 2.41 bits per heavy atom. The minimum atomic E-state index is -1.19. The van der Waals surface area contributed by atoms with Crippen molar-refractivity contribution in [2.45, 2.75) is 13.5 Å². The minimum absolute atomic E-state index is 0. The molecule has 0 atom stereocenters. The van der Waals surface area contributed by atoms with Crippen LogP contribution < -0.4 is 24.8 Å². The van der Waals surface area contributed by atoms with Gasteiger partial charge in [0, 0.05) is 43.9 Å². The van der Waals surface area contributed by atoms with Gasteiger partial charge in [0.1, 0.15) is 17.2 Å². The number of amides is 4. The van der Waals surface area contributed by atoms with E-state index in [4.69, 9.17) is 24.1 Å². The molecular formula is C27H27FN6O7. The molecule has 3 N–H and O–H groups in total. The van der Waals surface area contributed by atoms with Crippen LogP contribution in [0, 0.1) is 18.2 Å². The summed E-state index contributed by atoms with van der Waals surface area (Å²) in [4.78, 5) is 42.6. The summed E-state index contributed by atoms with van der Waals surface area (Å²) in [6, 6.07) is 9.06. The standard InChI is InChI=1S/C27H25FN6O7.H2/c1-14-9-16(33-41-14)13-34(27(37)30-2)26(36)24(29)25(35)32-15-5-6-21(18(28)10-15)40-20-7-8-31-19-12-23(39-4)22(38-3)11-17(19)20;/h5-12,29H,13H2,1-4H3,(H,30,37)(H,32,35);1H. The summed E-state index contributed by atoms with van der Waals surface area (Å²) >= 11 is 0. The summed E-state index contributed by atoms with van der Waals surface area (Å²) in [6.07, 6.45) is 1.49. The number of aryl methyl sites for hydroxylation is 1. The summed E-state index contributed by atoms with van der Waals surface area (Å²) in [7, 11) is 4.26. The van der Waals surface area contributed by atoms with Crippen LogP contribution in [0.1, 0.15) is 12.9 Å². The van der Waals surface area contributed by atoms with E-state index in [-0.39, 0.29) is 30.9 Å². The third-order valence-corrected chi connectivity index (χ3v) is 5.76. The molecular weight excluding hydrogens is 539 g/mol. The number of hydrogen-bond acceptors (Lipinski definition) is 10. The van der Waals surface area contributed by atoms with E-state index in [9.17, 15) is 14.4 Å². The Balaban J connectivity index is 0.00000484. The maximum Gasteiger partial charge on any atom is 0.324 e. The van der Waals surface area contributed by atoms with Crippen molar-refractivity contribution >= 4 is 40.1 Å². The fourth-order valence-electron chi connectivity index (χ4n) is 3.77. The van der Waals surface area contributed by atoms with E-state index < -0.39 is 29.4 Å². The number of fused-ring (bicyclic) bond motifs is 1. The molecule has 4 aromatic rings. The minimum Gasteiger partial charge on any atom is -0.493 e. The average molecular weight is 567 g/mol. The van der Waals surface area contributed by atoms with Crippen LogP contribution in [0.3, 0.4) is 0 Å². The van der Waals surface area contributed by atoms with Crippen LogP contribution in [0.15, 0.2) is 53.2 Å². The van der Waals surface area contributed by atoms with Crippen molar-refractivity contribution in [3.8, 4) is 23.0 Å². The quantitative estimate of drug-likeness (QED) is 0.200. The second-order valence-electron chi connectivity index (χ2n) is 8.49. The van der Waals surface area contributed by atoms with Gasteiger partial charge in [-0.15, -0.1) is 0 Å². The lowest BCUT2D eigenvalue weighted by molar-refractivity contribution is -0.123. The van der Waals surface area contributed by atoms with Gasteiger partial charge in [-0.25, -0.2) is 9.18 Å². The van der Waals surface area contributed by atoms with E-state index in [0.29, 0.717) is 33.1 Å². The highest BCUT2D eigenvalue weighted by Crippen LogP contribution is 2.37. The largest absolute Gasteiger partial charge is 0.493 e. The number of anilines is 1. The molecule has 0 aliphatic heterocycles. The number of urea groups is 1. The van der Waals surface area contributed by atoms with Crippen molar-refractivity contribution in [1.29, 1.82) is 5.41 Å². The van der Waals surface area contributed by atoms with E-state index in [1.54, 1.807) is 25.1 Å². The van der Waals surface area contributed by atoms with Crippen LogP contribution in [-0.2, 0) is 16.1 Å². The summed E-state index contributed by atoms with van der Waals surface area (Å²) in [5.41, 5.74) is -0.342. The molecule has 214 valence electrons. The number of nitrogens with one attached hydrogen (secondary N) is 3. The molecule has 4 rings (SSSR count). The second-order valence-corrected chi connectivity index (χ2v) is 8.49. The lowest BCUT2D eigenvalue weighted by Gasteiger charge is -2.19. The molecule has 2 aromatic carbocycles. The first kappa shape index (κ1) is 28.5. The van der Waals surface area contributed by atoms with E-state index in [2.05, 4.69) is 20.8 Å². The first-order valence-electron chi connectivity index (χ1n) is 12.0. The summed E-state index contributed by atoms with van der Waals surface area (Å²) in [5.74, 6) is -1.72. The number of nitrogens with zero attached hydrogens (tertiary/aromatic N) is 3. The van der Waals surface area contributed by atoms with Crippen molar-refractivity contribution in [3.63, 3.8) is 0 Å². The molecule has 2 aromatic heterocycles. The van der Waals surface area contributed by atoms with Gasteiger partial charge in [-0.05, 0) is 31.2 Å². The molecule has 0 unspecified atom stereocenters. The molecule has 0 aliphatic rings. The number of hydrogen-bond donors (Lipinski definition) is 3. The number of benzene rings is 2. The number of methoxy groups -OCH3 is 2. The average Bonchev–Trinajstić information content (AvgIpc) is 3.39. The van der Waals surface area contributed by atoms with Crippen molar-refractivity contribution in [2.24, 2.45) is 0 Å². The van der Waals surface area contributed by atoms with Crippen LogP contribution in [0.25, 0.3) is 10.9 Å². The van der Waals surface area contributed by atoms with Gasteiger partial charge in [0.15, 0.2) is 28.8 Å². The molecule has 41 heavy (non-hydrogen) atoms. The predicted molar refractivity (Wildman–Crippen MR) is 146 cm³/mol. The normalized spacial score (nSPS) is 10.6. The van der Waals surface area contributed by atoms with Gasteiger partial charge < -0.3 is 29.4 Å². The highest BCUT2D eigenvalue weighted by molar-refractivity contribution is 6.66. The number of carbonyl (C=O) groups is 3. The fraction of sp³-hybridized carbons (Fsp3) is 0.185.